The maximum atomic E-state index is 11.5. The molecule has 0 radical (unpaired) electrons. The molecular formula is C13H18ClNO2. The van der Waals surface area contributed by atoms with E-state index < -0.39 is 17.4 Å². The minimum Gasteiger partial charge on any atom is -0.468 e. The van der Waals surface area contributed by atoms with E-state index in [2.05, 4.69) is 0 Å². The zero-order chi connectivity index (χ0) is 13.2. The van der Waals surface area contributed by atoms with Gasteiger partial charge in [-0.2, -0.15) is 0 Å². The van der Waals surface area contributed by atoms with Gasteiger partial charge < -0.3 is 10.5 Å². The largest absolute Gasteiger partial charge is 0.468 e. The molecule has 0 spiro atoms. The molecular weight excluding hydrogens is 238 g/mol. The van der Waals surface area contributed by atoms with Crippen LogP contribution in [0.2, 0.25) is 5.02 Å². The van der Waals surface area contributed by atoms with Crippen LogP contribution >= 0.6 is 11.6 Å². The first-order valence-electron chi connectivity index (χ1n) is 5.40. The smallest absolute Gasteiger partial charge is 0.323 e. The van der Waals surface area contributed by atoms with Gasteiger partial charge in [-0.05, 0) is 30.2 Å². The van der Waals surface area contributed by atoms with E-state index in [1.807, 2.05) is 32.9 Å². The van der Waals surface area contributed by atoms with Crippen LogP contribution in [0.25, 0.3) is 0 Å². The summed E-state index contributed by atoms with van der Waals surface area (Å²) in [6.07, 6.45) is 0. The van der Waals surface area contributed by atoms with Crippen molar-refractivity contribution in [2.45, 2.75) is 32.2 Å². The number of ether oxygens (including phenoxy) is 1. The molecule has 0 bridgehead atoms. The Morgan fingerprint density at radius 2 is 2.06 bits per heavy atom. The van der Waals surface area contributed by atoms with E-state index in [1.54, 1.807) is 6.07 Å². The number of carbonyl (C=O) groups is 1. The Morgan fingerprint density at radius 1 is 1.47 bits per heavy atom. The summed E-state index contributed by atoms with van der Waals surface area (Å²) in [5.74, 6) is -0.413. The zero-order valence-corrected chi connectivity index (χ0v) is 11.3. The van der Waals surface area contributed by atoms with Gasteiger partial charge in [0.05, 0.1) is 7.11 Å². The van der Waals surface area contributed by atoms with Crippen molar-refractivity contribution >= 4 is 17.6 Å². The molecule has 1 unspecified atom stereocenters. The zero-order valence-electron chi connectivity index (χ0n) is 10.6. The molecule has 0 saturated carbocycles. The summed E-state index contributed by atoms with van der Waals surface area (Å²) in [7, 11) is 1.34. The van der Waals surface area contributed by atoms with Crippen molar-refractivity contribution in [1.82, 2.24) is 0 Å². The normalized spacial score (nSPS) is 13.3. The van der Waals surface area contributed by atoms with Crippen molar-refractivity contribution in [3.05, 3.63) is 34.3 Å². The van der Waals surface area contributed by atoms with Crippen molar-refractivity contribution in [2.75, 3.05) is 7.11 Å². The molecule has 0 fully saturated rings. The van der Waals surface area contributed by atoms with Crippen molar-refractivity contribution in [1.29, 1.82) is 0 Å². The molecule has 1 rings (SSSR count). The highest BCUT2D eigenvalue weighted by Gasteiger charge is 2.35. The van der Waals surface area contributed by atoms with Crippen molar-refractivity contribution < 1.29 is 9.53 Å². The fraction of sp³-hybridized carbons (Fsp3) is 0.462. The highest BCUT2D eigenvalue weighted by Crippen LogP contribution is 2.30. The van der Waals surface area contributed by atoms with Crippen molar-refractivity contribution in [2.24, 2.45) is 5.73 Å². The molecule has 1 atom stereocenters. The van der Waals surface area contributed by atoms with Crippen LogP contribution in [0, 0.1) is 6.92 Å². The molecule has 4 heteroatoms. The molecule has 0 aliphatic rings. The van der Waals surface area contributed by atoms with Crippen LogP contribution in [0.3, 0.4) is 0 Å². The van der Waals surface area contributed by atoms with Gasteiger partial charge in [0.25, 0.3) is 0 Å². The first-order chi connectivity index (χ1) is 7.80. The third-order valence-electron chi connectivity index (χ3n) is 3.12. The molecule has 17 heavy (non-hydrogen) atoms. The number of rotatable bonds is 3. The minimum atomic E-state index is -0.702. The van der Waals surface area contributed by atoms with E-state index in [9.17, 15) is 4.79 Å². The summed E-state index contributed by atoms with van der Waals surface area (Å²) in [5, 5.41) is 0.675. The molecule has 0 amide bonds. The van der Waals surface area contributed by atoms with E-state index in [0.717, 1.165) is 11.1 Å². The second-order valence-corrected chi connectivity index (χ2v) is 5.12. The van der Waals surface area contributed by atoms with Crippen LogP contribution in [0.5, 0.6) is 0 Å². The molecule has 1 aromatic carbocycles. The van der Waals surface area contributed by atoms with Crippen LogP contribution in [0.1, 0.15) is 25.0 Å². The van der Waals surface area contributed by atoms with Crippen molar-refractivity contribution in [3.8, 4) is 0 Å². The number of benzene rings is 1. The molecule has 0 aliphatic heterocycles. The standard InChI is InChI=1S/C13H18ClNO2/c1-8-7-9(14)5-6-10(8)13(2,3)11(15)12(16)17-4/h5-7,11H,15H2,1-4H3. The van der Waals surface area contributed by atoms with Crippen LogP contribution < -0.4 is 5.73 Å². The summed E-state index contributed by atoms with van der Waals surface area (Å²) in [4.78, 5) is 11.5. The molecule has 0 aromatic heterocycles. The number of hydrogen-bond donors (Lipinski definition) is 1. The van der Waals surface area contributed by atoms with Gasteiger partial charge in [-0.15, -0.1) is 0 Å². The Bertz CT molecular complexity index is 429. The lowest BCUT2D eigenvalue weighted by atomic mass is 9.76. The molecule has 0 heterocycles. The predicted octanol–water partition coefficient (Wildman–Crippen LogP) is 2.43. The summed E-state index contributed by atoms with van der Waals surface area (Å²) >= 11 is 5.91. The van der Waals surface area contributed by atoms with Gasteiger partial charge in [-0.1, -0.05) is 31.5 Å². The maximum absolute atomic E-state index is 11.5. The number of methoxy groups -OCH3 is 1. The van der Waals surface area contributed by atoms with E-state index >= 15 is 0 Å². The topological polar surface area (TPSA) is 52.3 Å². The third-order valence-corrected chi connectivity index (χ3v) is 3.35. The van der Waals surface area contributed by atoms with E-state index in [-0.39, 0.29) is 0 Å². The average Bonchev–Trinajstić information content (AvgIpc) is 2.26. The Hall–Kier alpha value is -1.06. The van der Waals surface area contributed by atoms with E-state index in [4.69, 9.17) is 22.1 Å². The first kappa shape index (κ1) is 14.0. The summed E-state index contributed by atoms with van der Waals surface area (Å²) in [5.41, 5.74) is 7.45. The van der Waals surface area contributed by atoms with Gasteiger partial charge in [0.1, 0.15) is 6.04 Å². The highest BCUT2D eigenvalue weighted by atomic mass is 35.5. The van der Waals surface area contributed by atoms with Gasteiger partial charge in [-0.25, -0.2) is 0 Å². The number of esters is 1. The molecule has 2 N–H and O–H groups in total. The first-order valence-corrected chi connectivity index (χ1v) is 5.78. The second-order valence-electron chi connectivity index (χ2n) is 4.68. The molecule has 1 aromatic rings. The lowest BCUT2D eigenvalue weighted by molar-refractivity contribution is -0.143. The Kier molecular flexibility index (Phi) is 4.17. The fourth-order valence-electron chi connectivity index (χ4n) is 1.94. The highest BCUT2D eigenvalue weighted by molar-refractivity contribution is 6.30. The summed E-state index contributed by atoms with van der Waals surface area (Å²) in [6.45, 7) is 5.79. The van der Waals surface area contributed by atoms with Gasteiger partial charge in [0.15, 0.2) is 0 Å². The maximum Gasteiger partial charge on any atom is 0.323 e. The molecule has 0 saturated heterocycles. The molecule has 94 valence electrons. The van der Waals surface area contributed by atoms with Crippen molar-refractivity contribution in [3.63, 3.8) is 0 Å². The van der Waals surface area contributed by atoms with Crippen LogP contribution in [-0.2, 0) is 14.9 Å². The number of nitrogens with two attached hydrogens (primary N) is 1. The average molecular weight is 256 g/mol. The van der Waals surface area contributed by atoms with E-state index in [1.165, 1.54) is 7.11 Å². The van der Waals surface area contributed by atoms with E-state index in [0.29, 0.717) is 5.02 Å². The Balaban J connectivity index is 3.16. The Morgan fingerprint density at radius 3 is 2.53 bits per heavy atom. The van der Waals surface area contributed by atoms with Gasteiger partial charge in [0.2, 0.25) is 0 Å². The van der Waals surface area contributed by atoms with Gasteiger partial charge in [-0.3, -0.25) is 4.79 Å². The SMILES string of the molecule is COC(=O)C(N)C(C)(C)c1ccc(Cl)cc1C. The number of carbonyl (C=O) groups excluding carboxylic acids is 1. The summed E-state index contributed by atoms with van der Waals surface area (Å²) < 4.78 is 4.69. The minimum absolute atomic E-state index is 0.413. The number of halogens is 1. The second kappa shape index (κ2) is 5.07. The Labute approximate surface area is 107 Å². The molecule has 0 aliphatic carbocycles. The van der Waals surface area contributed by atoms with Crippen LogP contribution in [0.15, 0.2) is 18.2 Å². The quantitative estimate of drug-likeness (QED) is 0.844. The number of aryl methyl sites for hydroxylation is 1. The lowest BCUT2D eigenvalue weighted by Gasteiger charge is -2.31. The van der Waals surface area contributed by atoms with Crippen LogP contribution in [-0.4, -0.2) is 19.1 Å². The fourth-order valence-corrected chi connectivity index (χ4v) is 2.17. The predicted molar refractivity (Wildman–Crippen MR) is 69.2 cm³/mol. The monoisotopic (exact) mass is 255 g/mol. The van der Waals surface area contributed by atoms with Gasteiger partial charge >= 0.3 is 5.97 Å². The third kappa shape index (κ3) is 2.79. The molecule has 3 nitrogen and oxygen atoms in total. The number of hydrogen-bond acceptors (Lipinski definition) is 3. The summed E-state index contributed by atoms with van der Waals surface area (Å²) in [6, 6.07) is 4.87. The van der Waals surface area contributed by atoms with Crippen LogP contribution in [0.4, 0.5) is 0 Å². The van der Waals surface area contributed by atoms with Gasteiger partial charge in [0, 0.05) is 10.4 Å². The lowest BCUT2D eigenvalue weighted by Crippen LogP contribution is -2.47.